The number of nitrogens with one attached hydrogen (secondary N) is 1. The lowest BCUT2D eigenvalue weighted by atomic mass is 9.71. The molecule has 1 aromatic carbocycles. The predicted octanol–water partition coefficient (Wildman–Crippen LogP) is 3.57. The van der Waals surface area contributed by atoms with Gasteiger partial charge in [-0.3, -0.25) is 9.59 Å². The van der Waals surface area contributed by atoms with Gasteiger partial charge in [0, 0.05) is 29.3 Å². The summed E-state index contributed by atoms with van der Waals surface area (Å²) in [5.41, 5.74) is 2.58. The van der Waals surface area contributed by atoms with Gasteiger partial charge in [-0.25, -0.2) is 0 Å². The summed E-state index contributed by atoms with van der Waals surface area (Å²) in [7, 11) is 1.47. The van der Waals surface area contributed by atoms with Crippen LogP contribution in [0.25, 0.3) is 0 Å². The maximum atomic E-state index is 13.0. The van der Waals surface area contributed by atoms with Crippen molar-refractivity contribution in [3.05, 3.63) is 47.3 Å². The lowest BCUT2D eigenvalue weighted by Gasteiger charge is -2.38. The average molecular weight is 385 g/mol. The van der Waals surface area contributed by atoms with E-state index in [1.807, 2.05) is 13.8 Å². The van der Waals surface area contributed by atoms with Crippen LogP contribution in [0.1, 0.15) is 51.0 Å². The Bertz CT molecular complexity index is 841. The molecule has 150 valence electrons. The molecular formula is C22H27NO5. The smallest absolute Gasteiger partial charge is 0.316 e. The Hall–Kier alpha value is -2.76. The standard InChI is InChI=1S/C22H27NO5/c1-5-12(2)28-22(26)19-13(3)23-15-7-6-8-16(24)21(15)20(19)14-9-10-18(27-4)17(25)11-14/h9-12,19-20,23,25H,3,5-8H2,1-2,4H3. The molecule has 6 nitrogen and oxygen atoms in total. The molecule has 2 N–H and O–H groups in total. The van der Waals surface area contributed by atoms with Crippen LogP contribution < -0.4 is 10.1 Å². The average Bonchev–Trinajstić information content (AvgIpc) is 2.66. The van der Waals surface area contributed by atoms with E-state index in [0.29, 0.717) is 35.4 Å². The van der Waals surface area contributed by atoms with Crippen molar-refractivity contribution in [1.29, 1.82) is 0 Å². The number of benzene rings is 1. The Morgan fingerprint density at radius 1 is 1.39 bits per heavy atom. The molecule has 1 aliphatic carbocycles. The van der Waals surface area contributed by atoms with Gasteiger partial charge in [-0.05, 0) is 43.9 Å². The molecular weight excluding hydrogens is 358 g/mol. The van der Waals surface area contributed by atoms with E-state index in [1.54, 1.807) is 18.2 Å². The molecule has 3 rings (SSSR count). The molecule has 0 bridgehead atoms. The van der Waals surface area contributed by atoms with E-state index in [0.717, 1.165) is 18.5 Å². The first-order chi connectivity index (χ1) is 13.4. The molecule has 0 fully saturated rings. The number of phenols is 1. The minimum atomic E-state index is -0.748. The fraction of sp³-hybridized carbons (Fsp3) is 0.455. The van der Waals surface area contributed by atoms with Gasteiger partial charge in [-0.15, -0.1) is 0 Å². The summed E-state index contributed by atoms with van der Waals surface area (Å²) in [5.74, 6) is -1.41. The lowest BCUT2D eigenvalue weighted by Crippen LogP contribution is -2.41. The summed E-state index contributed by atoms with van der Waals surface area (Å²) < 4.78 is 10.7. The minimum Gasteiger partial charge on any atom is -0.504 e. The highest BCUT2D eigenvalue weighted by Crippen LogP contribution is 2.45. The number of esters is 1. The summed E-state index contributed by atoms with van der Waals surface area (Å²) >= 11 is 0. The van der Waals surface area contributed by atoms with E-state index in [1.165, 1.54) is 7.11 Å². The number of carbonyl (C=O) groups excluding carboxylic acids is 2. The number of methoxy groups -OCH3 is 1. The molecule has 0 radical (unpaired) electrons. The number of aromatic hydroxyl groups is 1. The molecule has 1 heterocycles. The first kappa shape index (κ1) is 20.0. The SMILES string of the molecule is C=C1NC2=C(C(=O)CCC2)C(c2ccc(OC)c(O)c2)C1C(=O)OC(C)CC. The zero-order valence-corrected chi connectivity index (χ0v) is 16.6. The summed E-state index contributed by atoms with van der Waals surface area (Å²) in [6, 6.07) is 4.97. The largest absolute Gasteiger partial charge is 0.504 e. The van der Waals surface area contributed by atoms with Gasteiger partial charge in [0.15, 0.2) is 17.3 Å². The number of ketones is 1. The molecule has 0 spiro atoms. The Morgan fingerprint density at radius 2 is 2.14 bits per heavy atom. The second-order valence-electron chi connectivity index (χ2n) is 7.36. The van der Waals surface area contributed by atoms with E-state index < -0.39 is 17.8 Å². The van der Waals surface area contributed by atoms with Gasteiger partial charge < -0.3 is 19.9 Å². The van der Waals surface area contributed by atoms with E-state index in [4.69, 9.17) is 9.47 Å². The molecule has 0 aromatic heterocycles. The first-order valence-electron chi connectivity index (χ1n) is 9.66. The van der Waals surface area contributed by atoms with Crippen molar-refractivity contribution in [2.75, 3.05) is 7.11 Å². The second-order valence-corrected chi connectivity index (χ2v) is 7.36. The highest BCUT2D eigenvalue weighted by molar-refractivity contribution is 6.00. The summed E-state index contributed by atoms with van der Waals surface area (Å²) in [4.78, 5) is 25.8. The fourth-order valence-corrected chi connectivity index (χ4v) is 3.89. The molecule has 3 atom stereocenters. The zero-order chi connectivity index (χ0) is 20.4. The first-order valence-corrected chi connectivity index (χ1v) is 9.66. The Morgan fingerprint density at radius 3 is 2.79 bits per heavy atom. The predicted molar refractivity (Wildman–Crippen MR) is 105 cm³/mol. The van der Waals surface area contributed by atoms with Gasteiger partial charge in [0.2, 0.25) is 0 Å². The normalized spacial score (nSPS) is 23.0. The molecule has 0 saturated carbocycles. The highest BCUT2D eigenvalue weighted by atomic mass is 16.5. The number of phenolic OH excluding ortho intramolecular Hbond substituents is 1. The third kappa shape index (κ3) is 3.63. The quantitative estimate of drug-likeness (QED) is 0.754. The summed E-state index contributed by atoms with van der Waals surface area (Å²) in [6.07, 6.45) is 2.40. The van der Waals surface area contributed by atoms with Crippen LogP contribution in [0.3, 0.4) is 0 Å². The lowest BCUT2D eigenvalue weighted by molar-refractivity contribution is -0.152. The van der Waals surface area contributed by atoms with Crippen molar-refractivity contribution >= 4 is 11.8 Å². The van der Waals surface area contributed by atoms with Crippen LogP contribution in [0.4, 0.5) is 0 Å². The molecule has 0 amide bonds. The fourth-order valence-electron chi connectivity index (χ4n) is 3.89. The maximum Gasteiger partial charge on any atom is 0.316 e. The molecule has 6 heteroatoms. The number of Topliss-reactive ketones (excluding diaryl/α,β-unsaturated/α-hetero) is 1. The third-order valence-electron chi connectivity index (χ3n) is 5.50. The van der Waals surface area contributed by atoms with Crippen molar-refractivity contribution in [2.24, 2.45) is 5.92 Å². The van der Waals surface area contributed by atoms with Crippen LogP contribution in [0.15, 0.2) is 41.7 Å². The van der Waals surface area contributed by atoms with Crippen LogP contribution in [-0.4, -0.2) is 30.1 Å². The number of ether oxygens (including phenoxy) is 2. The van der Waals surface area contributed by atoms with E-state index >= 15 is 0 Å². The molecule has 1 aliphatic heterocycles. The van der Waals surface area contributed by atoms with Crippen molar-refractivity contribution < 1.29 is 24.2 Å². The van der Waals surface area contributed by atoms with Crippen molar-refractivity contribution in [1.82, 2.24) is 5.32 Å². The monoisotopic (exact) mass is 385 g/mol. The zero-order valence-electron chi connectivity index (χ0n) is 16.6. The highest BCUT2D eigenvalue weighted by Gasteiger charge is 2.44. The molecule has 28 heavy (non-hydrogen) atoms. The molecule has 3 unspecified atom stereocenters. The van der Waals surface area contributed by atoms with Crippen LogP contribution in [0, 0.1) is 5.92 Å². The van der Waals surface area contributed by atoms with Gasteiger partial charge >= 0.3 is 5.97 Å². The topological polar surface area (TPSA) is 84.9 Å². The van der Waals surface area contributed by atoms with Crippen molar-refractivity contribution in [3.8, 4) is 11.5 Å². The van der Waals surface area contributed by atoms with Gasteiger partial charge in [0.05, 0.1) is 13.2 Å². The van der Waals surface area contributed by atoms with Gasteiger partial charge in [0.1, 0.15) is 5.92 Å². The second kappa shape index (κ2) is 8.09. The van der Waals surface area contributed by atoms with Gasteiger partial charge in [0.25, 0.3) is 0 Å². The van der Waals surface area contributed by atoms with Crippen LogP contribution >= 0.6 is 0 Å². The van der Waals surface area contributed by atoms with Gasteiger partial charge in [-0.1, -0.05) is 19.6 Å². The number of hydrogen-bond donors (Lipinski definition) is 2. The number of rotatable bonds is 5. The Labute approximate surface area is 165 Å². The third-order valence-corrected chi connectivity index (χ3v) is 5.50. The minimum absolute atomic E-state index is 0.0166. The number of hydrogen-bond acceptors (Lipinski definition) is 6. The summed E-state index contributed by atoms with van der Waals surface area (Å²) in [5, 5.41) is 13.5. The molecule has 1 aromatic rings. The van der Waals surface area contributed by atoms with Crippen molar-refractivity contribution in [2.45, 2.75) is 51.6 Å². The maximum absolute atomic E-state index is 13.0. The number of allylic oxidation sites excluding steroid dienone is 2. The van der Waals surface area contributed by atoms with Crippen molar-refractivity contribution in [3.63, 3.8) is 0 Å². The van der Waals surface area contributed by atoms with E-state index in [2.05, 4.69) is 11.9 Å². The number of carbonyl (C=O) groups is 2. The Balaban J connectivity index is 2.11. The molecule has 2 aliphatic rings. The van der Waals surface area contributed by atoms with E-state index in [-0.39, 0.29) is 17.6 Å². The van der Waals surface area contributed by atoms with Gasteiger partial charge in [-0.2, -0.15) is 0 Å². The summed E-state index contributed by atoms with van der Waals surface area (Å²) in [6.45, 7) is 7.83. The van der Waals surface area contributed by atoms with Crippen LogP contribution in [0.5, 0.6) is 11.5 Å². The van der Waals surface area contributed by atoms with Crippen LogP contribution in [0.2, 0.25) is 0 Å². The van der Waals surface area contributed by atoms with E-state index in [9.17, 15) is 14.7 Å². The van der Waals surface area contributed by atoms with Crippen LogP contribution in [-0.2, 0) is 14.3 Å². The Kier molecular flexibility index (Phi) is 5.77. The molecule has 0 saturated heterocycles.